The Bertz CT molecular complexity index is 1230. The molecule has 366 valence electrons. The number of carbonyl (C=O) groups excluding carboxylic acids is 2. The molecule has 0 aliphatic carbocycles. The van der Waals surface area contributed by atoms with Gasteiger partial charge in [0.25, 0.3) is 0 Å². The van der Waals surface area contributed by atoms with Crippen LogP contribution in [0.4, 0.5) is 0 Å². The maximum absolute atomic E-state index is 12.6. The Hall–Kier alpha value is -2.33. The van der Waals surface area contributed by atoms with Crippen LogP contribution < -0.4 is 0 Å². The first-order chi connectivity index (χ1) is 30.7. The minimum Gasteiger partial charge on any atom is -0.462 e. The topological polar surface area (TPSA) is 149 Å². The van der Waals surface area contributed by atoms with Crippen molar-refractivity contribution in [3.63, 3.8) is 0 Å². The molecule has 11 heteroatoms. The molecule has 0 bridgehead atoms. The van der Waals surface area contributed by atoms with Crippen LogP contribution in [0.2, 0.25) is 0 Å². The summed E-state index contributed by atoms with van der Waals surface area (Å²) in [6, 6.07) is 0. The molecule has 0 aliphatic heterocycles. The van der Waals surface area contributed by atoms with Gasteiger partial charge in [-0.15, -0.1) is 0 Å². The smallest absolute Gasteiger partial charge is 0.462 e. The van der Waals surface area contributed by atoms with Crippen molar-refractivity contribution in [3.8, 4) is 0 Å². The number of aliphatic hydroxyl groups excluding tert-OH is 2. The van der Waals surface area contributed by atoms with Gasteiger partial charge in [-0.25, -0.2) is 4.57 Å². The SMILES string of the molecule is CCC/C=C/C/C=C/C/C=C/C/C=C/CCCCCC(=O)O[C@@H](COC(=O)CCC/C=C/CCCCCCCCCCCCCCCCCCCC)COP(=O)(O)OC[C@H](O)CO. The normalized spacial score (nSPS) is 14.2. The van der Waals surface area contributed by atoms with E-state index in [1.807, 2.05) is 0 Å². The van der Waals surface area contributed by atoms with E-state index in [1.54, 1.807) is 0 Å². The van der Waals surface area contributed by atoms with Gasteiger partial charge in [-0.1, -0.05) is 197 Å². The number of allylic oxidation sites excluding steroid dienone is 10. The standard InChI is InChI=1S/C52H93O10P/c1-3-5-7-9-11-13-15-17-19-21-22-23-24-25-26-28-29-31-33-35-37-39-41-43-51(55)59-47-50(48-61-63(57,58)60-46-49(54)45-53)62-52(56)44-42-40-38-36-34-32-30-27-20-18-16-14-12-10-8-6-4-2/h8,10,14,16,20,27,32,34-35,37,49-50,53-54H,3-7,9,11-13,15,17-19,21-26,28-31,33,36,38-48H2,1-2H3,(H,57,58)/b10-8+,16-14+,27-20+,34-32+,37-35+/t49-,50+/m1/s1. The van der Waals surface area contributed by atoms with Gasteiger partial charge >= 0.3 is 19.8 Å². The Morgan fingerprint density at radius 1 is 0.476 bits per heavy atom. The number of hydrogen-bond donors (Lipinski definition) is 3. The molecule has 0 aliphatic rings. The van der Waals surface area contributed by atoms with Crippen LogP contribution in [-0.2, 0) is 32.7 Å². The molecule has 1 unspecified atom stereocenters. The molecular formula is C52H93O10P. The minimum atomic E-state index is -4.64. The molecule has 0 amide bonds. The second-order valence-corrected chi connectivity index (χ2v) is 18.3. The number of carbonyl (C=O) groups is 2. The predicted octanol–water partition coefficient (Wildman–Crippen LogP) is 14.2. The molecule has 0 rings (SSSR count). The van der Waals surface area contributed by atoms with Crippen LogP contribution in [-0.4, -0.2) is 65.7 Å². The van der Waals surface area contributed by atoms with Crippen LogP contribution >= 0.6 is 7.82 Å². The molecule has 0 saturated heterocycles. The maximum atomic E-state index is 12.6. The van der Waals surface area contributed by atoms with Gasteiger partial charge in [0.2, 0.25) is 0 Å². The van der Waals surface area contributed by atoms with E-state index in [1.165, 1.54) is 122 Å². The zero-order valence-corrected chi connectivity index (χ0v) is 40.9. The van der Waals surface area contributed by atoms with Crippen molar-refractivity contribution in [2.75, 3.05) is 26.4 Å². The second-order valence-electron chi connectivity index (χ2n) is 16.8. The predicted molar refractivity (Wildman–Crippen MR) is 260 cm³/mol. The van der Waals surface area contributed by atoms with Crippen molar-refractivity contribution in [1.82, 2.24) is 0 Å². The number of phosphoric acid groups is 1. The molecule has 0 radical (unpaired) electrons. The lowest BCUT2D eigenvalue weighted by atomic mass is 10.0. The summed E-state index contributed by atoms with van der Waals surface area (Å²) >= 11 is 0. The highest BCUT2D eigenvalue weighted by molar-refractivity contribution is 7.47. The van der Waals surface area contributed by atoms with E-state index >= 15 is 0 Å². The molecule has 0 saturated carbocycles. The minimum absolute atomic E-state index is 0.140. The van der Waals surface area contributed by atoms with Crippen LogP contribution in [0.3, 0.4) is 0 Å². The van der Waals surface area contributed by atoms with Crippen LogP contribution in [0.5, 0.6) is 0 Å². The average molecular weight is 909 g/mol. The van der Waals surface area contributed by atoms with Gasteiger partial charge in [0, 0.05) is 12.8 Å². The number of hydrogen-bond acceptors (Lipinski definition) is 9. The molecule has 10 nitrogen and oxygen atoms in total. The highest BCUT2D eigenvalue weighted by Crippen LogP contribution is 2.43. The van der Waals surface area contributed by atoms with Gasteiger partial charge in [0.05, 0.1) is 19.8 Å². The first-order valence-electron chi connectivity index (χ1n) is 25.2. The fraction of sp³-hybridized carbons (Fsp3) is 0.769. The maximum Gasteiger partial charge on any atom is 0.472 e. The van der Waals surface area contributed by atoms with E-state index in [4.69, 9.17) is 23.6 Å². The van der Waals surface area contributed by atoms with Crippen LogP contribution in [0.25, 0.3) is 0 Å². The van der Waals surface area contributed by atoms with Crippen molar-refractivity contribution in [2.24, 2.45) is 0 Å². The average Bonchev–Trinajstić information content (AvgIpc) is 3.27. The van der Waals surface area contributed by atoms with Crippen molar-refractivity contribution >= 4 is 19.8 Å². The highest BCUT2D eigenvalue weighted by Gasteiger charge is 2.27. The number of aliphatic hydroxyl groups is 2. The van der Waals surface area contributed by atoms with Gasteiger partial charge in [-0.3, -0.25) is 18.6 Å². The number of phosphoric ester groups is 1. The Kier molecular flexibility index (Phi) is 45.9. The third kappa shape index (κ3) is 47.5. The summed E-state index contributed by atoms with van der Waals surface area (Å²) in [6.45, 7) is 2.27. The lowest BCUT2D eigenvalue weighted by Gasteiger charge is -2.20. The summed E-state index contributed by atoms with van der Waals surface area (Å²) in [5, 5.41) is 18.4. The summed E-state index contributed by atoms with van der Waals surface area (Å²) in [4.78, 5) is 35.1. The molecule has 0 aromatic heterocycles. The second kappa shape index (κ2) is 47.6. The third-order valence-electron chi connectivity index (χ3n) is 10.6. The number of rotatable bonds is 47. The molecule has 3 atom stereocenters. The van der Waals surface area contributed by atoms with Gasteiger partial charge in [-0.2, -0.15) is 0 Å². The monoisotopic (exact) mass is 909 g/mol. The number of esters is 2. The van der Waals surface area contributed by atoms with E-state index in [0.29, 0.717) is 12.8 Å². The Morgan fingerprint density at radius 2 is 0.873 bits per heavy atom. The first-order valence-corrected chi connectivity index (χ1v) is 26.7. The molecule has 0 fully saturated rings. The lowest BCUT2D eigenvalue weighted by Crippen LogP contribution is -2.29. The van der Waals surface area contributed by atoms with E-state index in [0.717, 1.165) is 57.8 Å². The Labute approximate surface area is 385 Å². The summed E-state index contributed by atoms with van der Waals surface area (Å²) < 4.78 is 32.8. The van der Waals surface area contributed by atoms with Crippen molar-refractivity contribution in [1.29, 1.82) is 0 Å². The van der Waals surface area contributed by atoms with E-state index in [9.17, 15) is 24.2 Å². The number of ether oxygens (including phenoxy) is 2. The first kappa shape index (κ1) is 60.7. The largest absolute Gasteiger partial charge is 0.472 e. The van der Waals surface area contributed by atoms with Crippen LogP contribution in [0.15, 0.2) is 60.8 Å². The Balaban J connectivity index is 4.24. The quantitative estimate of drug-likeness (QED) is 0.0233. The summed E-state index contributed by atoms with van der Waals surface area (Å²) in [5.41, 5.74) is 0. The molecule has 0 spiro atoms. The fourth-order valence-electron chi connectivity index (χ4n) is 6.75. The molecule has 0 heterocycles. The van der Waals surface area contributed by atoms with Crippen molar-refractivity contribution in [3.05, 3.63) is 60.8 Å². The third-order valence-corrected chi connectivity index (χ3v) is 11.6. The summed E-state index contributed by atoms with van der Waals surface area (Å²) in [5.74, 6) is -0.996. The van der Waals surface area contributed by atoms with E-state index in [-0.39, 0.29) is 19.4 Å². The summed E-state index contributed by atoms with van der Waals surface area (Å²) in [7, 11) is -4.64. The highest BCUT2D eigenvalue weighted by atomic mass is 31.2. The summed E-state index contributed by atoms with van der Waals surface area (Å²) in [6.07, 6.45) is 54.9. The van der Waals surface area contributed by atoms with Crippen LogP contribution in [0.1, 0.15) is 219 Å². The lowest BCUT2D eigenvalue weighted by molar-refractivity contribution is -0.161. The van der Waals surface area contributed by atoms with Crippen molar-refractivity contribution < 1.29 is 47.8 Å². The molecule has 0 aromatic carbocycles. The van der Waals surface area contributed by atoms with Gasteiger partial charge < -0.3 is 24.6 Å². The molecule has 3 N–H and O–H groups in total. The molecular weight excluding hydrogens is 816 g/mol. The van der Waals surface area contributed by atoms with Crippen molar-refractivity contribution in [2.45, 2.75) is 232 Å². The fourth-order valence-corrected chi connectivity index (χ4v) is 7.54. The van der Waals surface area contributed by atoms with Gasteiger partial charge in [0.15, 0.2) is 6.10 Å². The zero-order valence-electron chi connectivity index (χ0n) is 40.0. The molecule has 0 aromatic rings. The Morgan fingerprint density at radius 3 is 1.37 bits per heavy atom. The number of unbranched alkanes of at least 4 members (excludes halogenated alkanes) is 23. The van der Waals surface area contributed by atoms with Crippen LogP contribution in [0, 0.1) is 0 Å². The van der Waals surface area contributed by atoms with E-state index in [2.05, 4.69) is 74.6 Å². The molecule has 63 heavy (non-hydrogen) atoms. The zero-order chi connectivity index (χ0) is 46.2. The van der Waals surface area contributed by atoms with Gasteiger partial charge in [-0.05, 0) is 70.6 Å². The van der Waals surface area contributed by atoms with Gasteiger partial charge in [0.1, 0.15) is 12.7 Å². The van der Waals surface area contributed by atoms with E-state index < -0.39 is 51.8 Å².